The Kier molecular flexibility index (Phi) is 4.25. The molecule has 2 rings (SSSR count). The average Bonchev–Trinajstić information content (AvgIpc) is 2.40. The zero-order valence-corrected chi connectivity index (χ0v) is 11.0. The Labute approximate surface area is 108 Å². The quantitative estimate of drug-likeness (QED) is 0.719. The van der Waals surface area contributed by atoms with E-state index in [1.54, 1.807) is 6.92 Å². The largest absolute Gasteiger partial charge is 0.465 e. The molecule has 2 aliphatic rings. The molecule has 0 saturated carbocycles. The Bertz CT molecular complexity index is 293. The summed E-state index contributed by atoms with van der Waals surface area (Å²) in [5.74, 6) is -0.252. The fourth-order valence-electron chi connectivity index (χ4n) is 3.17. The van der Waals surface area contributed by atoms with Crippen molar-refractivity contribution in [2.45, 2.75) is 38.2 Å². The number of hydrogen-bond acceptors (Lipinski definition) is 5. The van der Waals surface area contributed by atoms with Gasteiger partial charge in [0.15, 0.2) is 0 Å². The first-order chi connectivity index (χ1) is 8.65. The summed E-state index contributed by atoms with van der Waals surface area (Å²) in [7, 11) is 0. The lowest BCUT2D eigenvalue weighted by Crippen LogP contribution is -2.60. The minimum atomic E-state index is -0.950. The third kappa shape index (κ3) is 2.27. The number of carbonyl (C=O) groups excluding carboxylic acids is 1. The second-order valence-electron chi connectivity index (χ2n) is 5.20. The third-order valence-electron chi connectivity index (χ3n) is 4.33. The molecule has 2 aliphatic heterocycles. The molecule has 0 aliphatic carbocycles. The van der Waals surface area contributed by atoms with Crippen molar-refractivity contribution in [3.63, 3.8) is 0 Å². The fraction of sp³-hybridized carbons (Fsp3) is 0.923. The van der Waals surface area contributed by atoms with Crippen molar-refractivity contribution < 1.29 is 19.4 Å². The Morgan fingerprint density at radius 2 is 1.89 bits per heavy atom. The summed E-state index contributed by atoms with van der Waals surface area (Å²) in [6, 6.07) is 0. The van der Waals surface area contributed by atoms with E-state index in [0.29, 0.717) is 45.5 Å². The van der Waals surface area contributed by atoms with E-state index >= 15 is 0 Å². The van der Waals surface area contributed by atoms with E-state index in [-0.39, 0.29) is 5.97 Å². The Morgan fingerprint density at radius 1 is 1.28 bits per heavy atom. The molecular formula is C13H23NO4. The van der Waals surface area contributed by atoms with Gasteiger partial charge in [0.25, 0.3) is 0 Å². The summed E-state index contributed by atoms with van der Waals surface area (Å²) < 4.78 is 10.6. The zero-order valence-electron chi connectivity index (χ0n) is 11.0. The molecule has 0 unspecified atom stereocenters. The Balaban J connectivity index is 2.25. The molecular weight excluding hydrogens is 234 g/mol. The van der Waals surface area contributed by atoms with Crippen LogP contribution in [0.1, 0.15) is 32.6 Å². The second-order valence-corrected chi connectivity index (χ2v) is 5.20. The lowest BCUT2D eigenvalue weighted by Gasteiger charge is -2.49. The van der Waals surface area contributed by atoms with Crippen molar-refractivity contribution in [1.29, 1.82) is 0 Å². The summed E-state index contributed by atoms with van der Waals surface area (Å²) in [5.41, 5.74) is -1.72. The van der Waals surface area contributed by atoms with E-state index in [1.165, 1.54) is 0 Å². The molecule has 2 saturated heterocycles. The first-order valence-corrected chi connectivity index (χ1v) is 6.83. The molecule has 0 aromatic carbocycles. The number of aliphatic hydroxyl groups is 1. The van der Waals surface area contributed by atoms with E-state index in [9.17, 15) is 9.90 Å². The van der Waals surface area contributed by atoms with Crippen LogP contribution in [-0.4, -0.2) is 49.6 Å². The number of carbonyl (C=O) groups is 1. The van der Waals surface area contributed by atoms with Crippen LogP contribution in [0.4, 0.5) is 0 Å². The van der Waals surface area contributed by atoms with Crippen LogP contribution in [0.15, 0.2) is 0 Å². The van der Waals surface area contributed by atoms with Crippen LogP contribution < -0.4 is 5.32 Å². The molecule has 18 heavy (non-hydrogen) atoms. The van der Waals surface area contributed by atoms with Crippen LogP contribution in [-0.2, 0) is 14.3 Å². The van der Waals surface area contributed by atoms with Gasteiger partial charge in [0.1, 0.15) is 5.41 Å². The van der Waals surface area contributed by atoms with Gasteiger partial charge in [0.2, 0.25) is 0 Å². The minimum Gasteiger partial charge on any atom is -0.465 e. The van der Waals surface area contributed by atoms with Crippen molar-refractivity contribution in [1.82, 2.24) is 5.32 Å². The lowest BCUT2D eigenvalue weighted by atomic mass is 9.63. The molecule has 5 heteroatoms. The summed E-state index contributed by atoms with van der Waals surface area (Å²) in [4.78, 5) is 12.4. The third-order valence-corrected chi connectivity index (χ3v) is 4.33. The van der Waals surface area contributed by atoms with Crippen molar-refractivity contribution in [3.8, 4) is 0 Å². The monoisotopic (exact) mass is 257 g/mol. The number of rotatable bonds is 3. The highest BCUT2D eigenvalue weighted by atomic mass is 16.5. The fourth-order valence-corrected chi connectivity index (χ4v) is 3.17. The highest BCUT2D eigenvalue weighted by molar-refractivity contribution is 5.78. The molecule has 104 valence electrons. The van der Waals surface area contributed by atoms with Crippen LogP contribution in [0.3, 0.4) is 0 Å². The van der Waals surface area contributed by atoms with Crippen molar-refractivity contribution in [2.24, 2.45) is 5.41 Å². The van der Waals surface area contributed by atoms with E-state index in [0.717, 1.165) is 13.1 Å². The Hall–Kier alpha value is -0.650. The minimum absolute atomic E-state index is 0.252. The SMILES string of the molecule is CCOC(=O)C1(C2(O)CCNCC2)CCOCC1. The van der Waals surface area contributed by atoms with Gasteiger partial charge in [0.05, 0.1) is 12.2 Å². The van der Waals surface area contributed by atoms with Gasteiger partial charge in [-0.25, -0.2) is 0 Å². The predicted molar refractivity (Wildman–Crippen MR) is 66.2 cm³/mol. The van der Waals surface area contributed by atoms with Crippen LogP contribution in [0.2, 0.25) is 0 Å². The molecule has 0 spiro atoms. The highest BCUT2D eigenvalue weighted by Crippen LogP contribution is 2.46. The standard InChI is InChI=1S/C13H23NO4/c1-2-18-11(15)12(5-9-17-10-6-12)13(16)3-7-14-8-4-13/h14,16H,2-10H2,1H3. The maximum absolute atomic E-state index is 12.4. The second kappa shape index (κ2) is 5.55. The van der Waals surface area contributed by atoms with Gasteiger partial charge in [-0.1, -0.05) is 0 Å². The van der Waals surface area contributed by atoms with Crippen LogP contribution in [0, 0.1) is 5.41 Å². The van der Waals surface area contributed by atoms with Gasteiger partial charge in [-0.3, -0.25) is 4.79 Å². The summed E-state index contributed by atoms with van der Waals surface area (Å²) in [5, 5.41) is 14.2. The molecule has 0 aromatic heterocycles. The van der Waals surface area contributed by atoms with Gasteiger partial charge < -0.3 is 19.9 Å². The summed E-state index contributed by atoms with van der Waals surface area (Å²) in [6.45, 7) is 4.70. The summed E-state index contributed by atoms with van der Waals surface area (Å²) in [6.07, 6.45) is 2.32. The predicted octanol–water partition coefficient (Wildman–Crippen LogP) is 0.461. The summed E-state index contributed by atoms with van der Waals surface area (Å²) >= 11 is 0. The van der Waals surface area contributed by atoms with Crippen molar-refractivity contribution in [2.75, 3.05) is 32.9 Å². The van der Waals surface area contributed by atoms with E-state index < -0.39 is 11.0 Å². The highest BCUT2D eigenvalue weighted by Gasteiger charge is 2.57. The number of piperidine rings is 1. The molecule has 2 heterocycles. The van der Waals surface area contributed by atoms with E-state index in [2.05, 4.69) is 5.32 Å². The van der Waals surface area contributed by atoms with Crippen LogP contribution in [0.5, 0.6) is 0 Å². The first kappa shape index (κ1) is 13.8. The van der Waals surface area contributed by atoms with Crippen molar-refractivity contribution >= 4 is 5.97 Å². The van der Waals surface area contributed by atoms with E-state index in [1.807, 2.05) is 0 Å². The molecule has 0 amide bonds. The molecule has 0 atom stereocenters. The van der Waals surface area contributed by atoms with Gasteiger partial charge in [-0.05, 0) is 45.7 Å². The zero-order chi connectivity index (χ0) is 13.1. The molecule has 0 bridgehead atoms. The van der Waals surface area contributed by atoms with Gasteiger partial charge >= 0.3 is 5.97 Å². The topological polar surface area (TPSA) is 67.8 Å². The molecule has 0 aromatic rings. The van der Waals surface area contributed by atoms with E-state index in [4.69, 9.17) is 9.47 Å². The van der Waals surface area contributed by atoms with Crippen LogP contribution in [0.25, 0.3) is 0 Å². The van der Waals surface area contributed by atoms with Crippen LogP contribution >= 0.6 is 0 Å². The molecule has 2 fully saturated rings. The Morgan fingerprint density at radius 3 is 2.44 bits per heavy atom. The maximum Gasteiger partial charge on any atom is 0.315 e. The lowest BCUT2D eigenvalue weighted by molar-refractivity contribution is -0.194. The normalized spacial score (nSPS) is 26.6. The number of hydrogen-bond donors (Lipinski definition) is 2. The number of nitrogens with one attached hydrogen (secondary N) is 1. The molecule has 2 N–H and O–H groups in total. The van der Waals surface area contributed by atoms with Gasteiger partial charge in [-0.15, -0.1) is 0 Å². The molecule has 0 radical (unpaired) electrons. The van der Waals surface area contributed by atoms with Gasteiger partial charge in [-0.2, -0.15) is 0 Å². The van der Waals surface area contributed by atoms with Crippen molar-refractivity contribution in [3.05, 3.63) is 0 Å². The average molecular weight is 257 g/mol. The molecule has 5 nitrogen and oxygen atoms in total. The number of esters is 1. The van der Waals surface area contributed by atoms with Gasteiger partial charge in [0, 0.05) is 13.2 Å². The first-order valence-electron chi connectivity index (χ1n) is 6.83. The number of ether oxygens (including phenoxy) is 2. The maximum atomic E-state index is 12.4. The smallest absolute Gasteiger partial charge is 0.315 e.